The monoisotopic (exact) mass is 293 g/mol. The molecule has 0 saturated carbocycles. The smallest absolute Gasteiger partial charge is 0.219 e. The largest absolute Gasteiger partial charge is 0.439 e. The molecule has 0 unspecified atom stereocenters. The summed E-state index contributed by atoms with van der Waals surface area (Å²) in [5.41, 5.74) is 1.59. The molecular weight excluding hydrogens is 282 g/mol. The van der Waals surface area contributed by atoms with E-state index in [9.17, 15) is 0 Å². The van der Waals surface area contributed by atoms with E-state index in [2.05, 4.69) is 20.9 Å². The average molecular weight is 294 g/mol. The average Bonchev–Trinajstić information content (AvgIpc) is 2.29. The molecule has 0 aliphatic heterocycles. The zero-order valence-electron chi connectivity index (χ0n) is 9.35. The first-order chi connectivity index (χ1) is 8.19. The van der Waals surface area contributed by atoms with Gasteiger partial charge < -0.3 is 9.84 Å². The summed E-state index contributed by atoms with van der Waals surface area (Å²) in [4.78, 5) is 4.27. The maximum absolute atomic E-state index is 9.05. The van der Waals surface area contributed by atoms with E-state index in [0.717, 1.165) is 21.5 Å². The highest BCUT2D eigenvalue weighted by atomic mass is 79.9. The fraction of sp³-hybridized carbons (Fsp3) is 0.154. The van der Waals surface area contributed by atoms with E-state index in [-0.39, 0.29) is 6.61 Å². The van der Waals surface area contributed by atoms with Crippen molar-refractivity contribution in [1.29, 1.82) is 0 Å². The Hall–Kier alpha value is -1.39. The number of aromatic nitrogens is 1. The molecule has 0 aliphatic carbocycles. The molecular formula is C13H12BrNO2. The summed E-state index contributed by atoms with van der Waals surface area (Å²) >= 11 is 3.38. The maximum Gasteiger partial charge on any atom is 0.219 e. The highest BCUT2D eigenvalue weighted by molar-refractivity contribution is 9.10. The van der Waals surface area contributed by atoms with Crippen LogP contribution < -0.4 is 4.74 Å². The summed E-state index contributed by atoms with van der Waals surface area (Å²) in [6, 6.07) is 11.1. The molecule has 0 amide bonds. The maximum atomic E-state index is 9.05. The first kappa shape index (κ1) is 12.1. The number of nitrogens with zero attached hydrogens (tertiary/aromatic N) is 1. The third-order valence-electron chi connectivity index (χ3n) is 2.36. The zero-order valence-corrected chi connectivity index (χ0v) is 10.9. The summed E-state index contributed by atoms with van der Waals surface area (Å²) in [7, 11) is 0. The molecule has 3 nitrogen and oxygen atoms in total. The number of halogens is 1. The zero-order chi connectivity index (χ0) is 12.3. The molecule has 0 fully saturated rings. The topological polar surface area (TPSA) is 42.4 Å². The Balaban J connectivity index is 2.22. The Labute approximate surface area is 108 Å². The van der Waals surface area contributed by atoms with Gasteiger partial charge in [-0.15, -0.1) is 0 Å². The van der Waals surface area contributed by atoms with Crippen LogP contribution in [-0.2, 0) is 6.61 Å². The SMILES string of the molecule is Cc1nc(Oc2cccc(Br)c2)ccc1CO. The number of pyridine rings is 1. The molecule has 1 aromatic carbocycles. The van der Waals surface area contributed by atoms with Crippen LogP contribution in [0, 0.1) is 6.92 Å². The molecule has 0 spiro atoms. The van der Waals surface area contributed by atoms with Gasteiger partial charge in [-0.3, -0.25) is 0 Å². The van der Waals surface area contributed by atoms with Gasteiger partial charge in [0.25, 0.3) is 0 Å². The normalized spacial score (nSPS) is 10.3. The van der Waals surface area contributed by atoms with Crippen molar-refractivity contribution in [1.82, 2.24) is 4.98 Å². The second-order valence-electron chi connectivity index (χ2n) is 3.61. The molecule has 1 aromatic heterocycles. The molecule has 1 heterocycles. The lowest BCUT2D eigenvalue weighted by Gasteiger charge is -2.07. The third-order valence-corrected chi connectivity index (χ3v) is 2.85. The molecule has 88 valence electrons. The Bertz CT molecular complexity index is 529. The lowest BCUT2D eigenvalue weighted by Crippen LogP contribution is -1.95. The standard InChI is InChI=1S/C13H12BrNO2/c1-9-10(8-16)5-6-13(15-9)17-12-4-2-3-11(14)7-12/h2-7,16H,8H2,1H3. The van der Waals surface area contributed by atoms with Crippen molar-refractivity contribution in [3.8, 4) is 11.6 Å². The van der Waals surface area contributed by atoms with Crippen molar-refractivity contribution in [3.63, 3.8) is 0 Å². The van der Waals surface area contributed by atoms with Gasteiger partial charge in [0.1, 0.15) is 5.75 Å². The number of aliphatic hydroxyl groups excluding tert-OH is 1. The molecule has 0 atom stereocenters. The van der Waals surface area contributed by atoms with Crippen molar-refractivity contribution in [2.24, 2.45) is 0 Å². The fourth-order valence-corrected chi connectivity index (χ4v) is 1.82. The first-order valence-electron chi connectivity index (χ1n) is 5.20. The summed E-state index contributed by atoms with van der Waals surface area (Å²) in [6.07, 6.45) is 0. The lowest BCUT2D eigenvalue weighted by atomic mass is 10.2. The van der Waals surface area contributed by atoms with Crippen molar-refractivity contribution in [3.05, 3.63) is 52.1 Å². The summed E-state index contributed by atoms with van der Waals surface area (Å²) in [5.74, 6) is 1.25. The fourth-order valence-electron chi connectivity index (χ4n) is 1.44. The van der Waals surface area contributed by atoms with Crippen LogP contribution in [0.15, 0.2) is 40.9 Å². The Morgan fingerprint density at radius 3 is 2.76 bits per heavy atom. The molecule has 2 aromatic rings. The molecule has 1 N–H and O–H groups in total. The Morgan fingerprint density at radius 1 is 1.29 bits per heavy atom. The number of hydrogen-bond acceptors (Lipinski definition) is 3. The number of hydrogen-bond donors (Lipinski definition) is 1. The quantitative estimate of drug-likeness (QED) is 0.943. The van der Waals surface area contributed by atoms with Crippen LogP contribution >= 0.6 is 15.9 Å². The molecule has 17 heavy (non-hydrogen) atoms. The number of ether oxygens (including phenoxy) is 1. The van der Waals surface area contributed by atoms with Crippen LogP contribution in [0.4, 0.5) is 0 Å². The van der Waals surface area contributed by atoms with Crippen molar-refractivity contribution < 1.29 is 9.84 Å². The minimum atomic E-state index is -0.00397. The number of aryl methyl sites for hydroxylation is 1. The number of benzene rings is 1. The second-order valence-corrected chi connectivity index (χ2v) is 4.53. The predicted molar refractivity (Wildman–Crippen MR) is 69.1 cm³/mol. The minimum absolute atomic E-state index is 0.00397. The van der Waals surface area contributed by atoms with Gasteiger partial charge in [-0.05, 0) is 36.8 Å². The van der Waals surface area contributed by atoms with E-state index in [1.54, 1.807) is 6.07 Å². The highest BCUT2D eigenvalue weighted by Gasteiger charge is 2.03. The Morgan fingerprint density at radius 2 is 2.12 bits per heavy atom. The third kappa shape index (κ3) is 3.05. The van der Waals surface area contributed by atoms with E-state index in [1.807, 2.05) is 37.3 Å². The molecule has 0 bridgehead atoms. The van der Waals surface area contributed by atoms with Crippen LogP contribution in [0.2, 0.25) is 0 Å². The molecule has 0 saturated heterocycles. The highest BCUT2D eigenvalue weighted by Crippen LogP contribution is 2.23. The van der Waals surface area contributed by atoms with Gasteiger partial charge >= 0.3 is 0 Å². The van der Waals surface area contributed by atoms with Crippen molar-refractivity contribution >= 4 is 15.9 Å². The minimum Gasteiger partial charge on any atom is -0.439 e. The summed E-state index contributed by atoms with van der Waals surface area (Å²) < 4.78 is 6.57. The van der Waals surface area contributed by atoms with Crippen LogP contribution in [0.1, 0.15) is 11.3 Å². The lowest BCUT2D eigenvalue weighted by molar-refractivity contribution is 0.280. The van der Waals surface area contributed by atoms with Gasteiger partial charge in [-0.1, -0.05) is 22.0 Å². The predicted octanol–water partition coefficient (Wildman–Crippen LogP) is 3.44. The van der Waals surface area contributed by atoms with Gasteiger partial charge in [-0.25, -0.2) is 4.98 Å². The summed E-state index contributed by atoms with van der Waals surface area (Å²) in [5, 5.41) is 9.05. The van der Waals surface area contributed by atoms with E-state index in [4.69, 9.17) is 9.84 Å². The van der Waals surface area contributed by atoms with Crippen LogP contribution in [-0.4, -0.2) is 10.1 Å². The van der Waals surface area contributed by atoms with E-state index < -0.39 is 0 Å². The molecule has 0 radical (unpaired) electrons. The van der Waals surface area contributed by atoms with Gasteiger partial charge in [0.15, 0.2) is 0 Å². The van der Waals surface area contributed by atoms with E-state index in [0.29, 0.717) is 5.88 Å². The van der Waals surface area contributed by atoms with E-state index >= 15 is 0 Å². The Kier molecular flexibility index (Phi) is 3.76. The van der Waals surface area contributed by atoms with Gasteiger partial charge in [-0.2, -0.15) is 0 Å². The van der Waals surface area contributed by atoms with Crippen molar-refractivity contribution in [2.75, 3.05) is 0 Å². The second kappa shape index (κ2) is 5.29. The van der Waals surface area contributed by atoms with Gasteiger partial charge in [0, 0.05) is 16.2 Å². The number of aliphatic hydroxyl groups is 1. The molecule has 2 rings (SSSR count). The van der Waals surface area contributed by atoms with Gasteiger partial charge in [0.05, 0.1) is 6.61 Å². The number of rotatable bonds is 3. The molecule has 0 aliphatic rings. The van der Waals surface area contributed by atoms with Gasteiger partial charge in [0.2, 0.25) is 5.88 Å². The van der Waals surface area contributed by atoms with Crippen molar-refractivity contribution in [2.45, 2.75) is 13.5 Å². The van der Waals surface area contributed by atoms with Crippen LogP contribution in [0.3, 0.4) is 0 Å². The first-order valence-corrected chi connectivity index (χ1v) is 5.99. The van der Waals surface area contributed by atoms with Crippen LogP contribution in [0.25, 0.3) is 0 Å². The summed E-state index contributed by atoms with van der Waals surface area (Å²) in [6.45, 7) is 1.84. The van der Waals surface area contributed by atoms with Crippen LogP contribution in [0.5, 0.6) is 11.6 Å². The van der Waals surface area contributed by atoms with E-state index in [1.165, 1.54) is 0 Å². The molecule has 4 heteroatoms.